The number of carbonyl (C=O) groups excluding carboxylic acids is 6. The molecule has 1 unspecified atom stereocenters. The predicted molar refractivity (Wildman–Crippen MR) is 382 cm³/mol. The Labute approximate surface area is 626 Å². The van der Waals surface area contributed by atoms with Crippen molar-refractivity contribution in [2.45, 2.75) is 174 Å². The van der Waals surface area contributed by atoms with E-state index in [-0.39, 0.29) is 41.4 Å². The summed E-state index contributed by atoms with van der Waals surface area (Å²) in [6.45, 7) is 30.1. The zero-order valence-corrected chi connectivity index (χ0v) is 66.1. The van der Waals surface area contributed by atoms with E-state index in [1.54, 1.807) is 83.1 Å². The molecule has 1 aromatic heterocycles. The van der Waals surface area contributed by atoms with Gasteiger partial charge in [0.25, 0.3) is 0 Å². The summed E-state index contributed by atoms with van der Waals surface area (Å²) < 4.78 is 157. The molecule has 0 amide bonds. The normalized spacial score (nSPS) is 26.5. The molecule has 0 aromatic carbocycles. The number of nitrogens with zero attached hydrogens (tertiary/aromatic N) is 6. The zero-order chi connectivity index (χ0) is 81.9. The number of aliphatic hydroxyl groups excluding tert-OH is 3. The Morgan fingerprint density at radius 1 is 0.623 bits per heavy atom. The number of ether oxygens (including phenoxy) is 7. The molecule has 106 heavy (non-hydrogen) atoms. The molecule has 3 saturated heterocycles. The minimum absolute atomic E-state index is 0.0823. The van der Waals surface area contributed by atoms with Crippen molar-refractivity contribution in [1.29, 1.82) is 0 Å². The number of carbonyl (C=O) groups is 6. The third-order valence-electron chi connectivity index (χ3n) is 15.3. The van der Waals surface area contributed by atoms with E-state index in [0.29, 0.717) is 0 Å². The fraction of sp³-hybridized carbons (Fsp3) is 0.651. The van der Waals surface area contributed by atoms with E-state index in [1.165, 1.54) is 53.7 Å². The highest BCUT2D eigenvalue weighted by atomic mass is 35.5. The first kappa shape index (κ1) is 96.1. The van der Waals surface area contributed by atoms with Gasteiger partial charge in [0.2, 0.25) is 27.2 Å². The molecule has 43 heteroatoms. The van der Waals surface area contributed by atoms with E-state index in [1.807, 2.05) is 13.6 Å². The number of anilines is 1. The minimum atomic E-state index is -4.40. The van der Waals surface area contributed by atoms with Gasteiger partial charge in [-0.15, -0.1) is 34.8 Å². The number of nitrogen functional groups attached to an aromatic ring is 1. The molecular formula is C63H97Cl3F4N9O24P3. The van der Waals surface area contributed by atoms with Crippen molar-refractivity contribution in [1.82, 2.24) is 19.4 Å². The number of hydrogen-bond donors (Lipinski definition) is 6. The van der Waals surface area contributed by atoms with Crippen molar-refractivity contribution < 1.29 is 127 Å². The SMILES string of the molecule is C=C1N=C(N)C=CN1[C@@H]1O[C@](CCl)(CC(F)P(C)(C)=O)[C@@H](O)[C@H]1F.C=C1N=C(N)C=CN1[C@@H]1O[C@](CCl)(CCP(=O)(OCOC(=O)C(C)(C)C)OCOC(=O)C(C)(C)C)[C@@H](O)[C@H]1F.C=O.C=O.CC(C)(C)C(=O)OCOP(=O)(/C=C\[C@@]1(CCl)O[C@@H](n2ccc(N)nc2=O)[C@H](F)[C@@H]1O)OCOC(=O)C(C)(C)C. The van der Waals surface area contributed by atoms with E-state index in [2.05, 4.69) is 28.1 Å². The monoisotopic (exact) mass is 1640 g/mol. The van der Waals surface area contributed by atoms with Gasteiger partial charge in [-0.2, -0.15) is 4.98 Å². The Bertz CT molecular complexity index is 3520. The average Bonchev–Trinajstić information content (AvgIpc) is 1.62. The van der Waals surface area contributed by atoms with Gasteiger partial charge in [-0.25, -0.2) is 32.3 Å². The van der Waals surface area contributed by atoms with Crippen molar-refractivity contribution in [2.75, 3.05) is 70.0 Å². The summed E-state index contributed by atoms with van der Waals surface area (Å²) in [6, 6.07) is 1.23. The van der Waals surface area contributed by atoms with Crippen LogP contribution in [0.3, 0.4) is 0 Å². The second-order valence-corrected chi connectivity index (χ2v) is 36.6. The van der Waals surface area contributed by atoms with Gasteiger partial charge in [0.05, 0.1) is 45.5 Å². The number of alkyl halides is 7. The van der Waals surface area contributed by atoms with Gasteiger partial charge in [-0.05, 0) is 127 Å². The molecule has 0 spiro atoms. The van der Waals surface area contributed by atoms with Crippen molar-refractivity contribution in [3.05, 3.63) is 84.0 Å². The number of hydrogen-bond acceptors (Lipinski definition) is 32. The summed E-state index contributed by atoms with van der Waals surface area (Å²) in [4.78, 5) is 90.4. The lowest BCUT2D eigenvalue weighted by atomic mass is 9.94. The Morgan fingerprint density at radius 3 is 1.34 bits per heavy atom. The molecule has 3 fully saturated rings. The molecule has 5 aliphatic rings. The third-order valence-corrected chi connectivity index (χ3v) is 21.4. The standard InChI is InChI=1S/C24H38ClFN3O9P.C23H34ClFN3O10P.C14H21ClF2N3O3P.2CH2O/c1-15-28-16(27)8-10-29(15)19-17(26)18(30)24(12-25,38-19)9-11-39(33,36-13-34-20(31)22(2,3)4)37-14-35-21(32)23(5,6)7;1-21(2,3)18(30)34-12-36-39(33,37-13-35-19(31)22(4,5)6)10-8-23(11-24)16(29)15(25)17(38-23)28-9-7-14(26)27-20(28)32;1-8-19-10(18)4-5-20(8)13-11(17)12(21)14(7-15,23-13)6-9(16)24(2,3)22;2*1-2/h8,10,17-19,30H,1,9,11-14H2,2-7H3,(H2,27,28);7-10,15-17,29H,11-13H2,1-6H3,(H2,26,27,32);4-5,9,11-13,21H,1,6-7H2,2-3H3,(H2,18,19);2*1H2/b;10-8-;;;/t17-,18+,19-,24+;15-,16+,17-,23+;9?,11-,12+,13-,14+;;/m111../s1. The third kappa shape index (κ3) is 26.1. The highest BCUT2D eigenvalue weighted by Gasteiger charge is 2.60. The molecule has 0 aliphatic carbocycles. The Hall–Kier alpha value is -5.98. The maximum Gasteiger partial charge on any atom is 0.359 e. The number of halogens is 7. The minimum Gasteiger partial charge on any atom is -0.438 e. The molecule has 13 atom stereocenters. The topological polar surface area (TPSA) is 460 Å². The van der Waals surface area contributed by atoms with Crippen molar-refractivity contribution in [3.63, 3.8) is 0 Å². The molecule has 9 N–H and O–H groups in total. The lowest BCUT2D eigenvalue weighted by molar-refractivity contribution is -0.163. The maximum atomic E-state index is 15.3. The first-order valence-electron chi connectivity index (χ1n) is 31.7. The van der Waals surface area contributed by atoms with E-state index >= 15 is 8.78 Å². The summed E-state index contributed by atoms with van der Waals surface area (Å²) in [5.41, 5.74) is 6.76. The van der Waals surface area contributed by atoms with Gasteiger partial charge in [-0.1, -0.05) is 13.2 Å². The molecule has 602 valence electrons. The maximum absolute atomic E-state index is 15.3. The summed E-state index contributed by atoms with van der Waals surface area (Å²) in [5, 5.41) is 31.7. The van der Waals surface area contributed by atoms with E-state index in [0.717, 1.165) is 22.7 Å². The molecule has 0 bridgehead atoms. The molecule has 33 nitrogen and oxygen atoms in total. The molecule has 0 radical (unpaired) electrons. The van der Waals surface area contributed by atoms with Crippen LogP contribution in [0.1, 0.15) is 102 Å². The quantitative estimate of drug-likeness (QED) is 0.0128. The summed E-state index contributed by atoms with van der Waals surface area (Å²) >= 11 is 18.0. The number of aliphatic imine (C=N–C) groups is 2. The zero-order valence-electron chi connectivity index (χ0n) is 61.1. The number of esters is 4. The highest BCUT2D eigenvalue weighted by molar-refractivity contribution is 7.62. The first-order chi connectivity index (χ1) is 48.7. The van der Waals surface area contributed by atoms with Crippen LogP contribution in [0.25, 0.3) is 0 Å². The lowest BCUT2D eigenvalue weighted by Gasteiger charge is -2.34. The van der Waals surface area contributed by atoms with Gasteiger partial charge in [0.1, 0.15) is 85.0 Å². The van der Waals surface area contributed by atoms with Crippen molar-refractivity contribution >= 4 is 112 Å². The van der Waals surface area contributed by atoms with Crippen molar-refractivity contribution in [3.8, 4) is 0 Å². The Balaban J connectivity index is 0.000000541. The van der Waals surface area contributed by atoms with Crippen LogP contribution in [-0.2, 0) is 93.7 Å². The molecule has 6 rings (SSSR count). The van der Waals surface area contributed by atoms with E-state index in [9.17, 15) is 61.8 Å². The number of amidine groups is 2. The van der Waals surface area contributed by atoms with Crippen LogP contribution < -0.4 is 22.9 Å². The summed E-state index contributed by atoms with van der Waals surface area (Å²) in [7, 11) is -11.7. The van der Waals surface area contributed by atoms with Crippen LogP contribution in [-0.4, -0.2) is 220 Å². The Morgan fingerprint density at radius 2 is 0.991 bits per heavy atom. The lowest BCUT2D eigenvalue weighted by Crippen LogP contribution is -2.45. The van der Waals surface area contributed by atoms with Gasteiger partial charge < -0.3 is 89.6 Å². The van der Waals surface area contributed by atoms with Crippen LogP contribution in [0.15, 0.2) is 88.3 Å². The molecular weight excluding hydrogens is 1540 g/mol. The van der Waals surface area contributed by atoms with Gasteiger partial charge >= 0.3 is 44.8 Å². The van der Waals surface area contributed by atoms with Crippen molar-refractivity contribution in [2.24, 2.45) is 43.1 Å². The molecule has 0 saturated carbocycles. The fourth-order valence-electron chi connectivity index (χ4n) is 8.96. The number of aromatic nitrogens is 2. The highest BCUT2D eigenvalue weighted by Crippen LogP contribution is 2.55. The Kier molecular flexibility index (Phi) is 35.9. The smallest absolute Gasteiger partial charge is 0.359 e. The largest absolute Gasteiger partial charge is 0.438 e. The van der Waals surface area contributed by atoms with Crippen LogP contribution in [0.4, 0.5) is 23.4 Å². The molecule has 5 aliphatic heterocycles. The summed E-state index contributed by atoms with van der Waals surface area (Å²) in [6.07, 6.45) is -9.21. The van der Waals surface area contributed by atoms with Crippen LogP contribution in [0.5, 0.6) is 0 Å². The fourth-order valence-corrected chi connectivity index (χ4v) is 13.2. The number of nitrogens with two attached hydrogens (primary N) is 3. The average molecular weight is 1640 g/mol. The predicted octanol–water partition coefficient (Wildman–Crippen LogP) is 7.87. The van der Waals surface area contributed by atoms with E-state index in [4.69, 9.17) is 113 Å². The van der Waals surface area contributed by atoms with Crippen LogP contribution >= 0.6 is 57.1 Å². The summed E-state index contributed by atoms with van der Waals surface area (Å²) in [5.74, 6) is -4.43. The molecule has 6 heterocycles. The second-order valence-electron chi connectivity index (χ2n) is 28.3. The van der Waals surface area contributed by atoms with Gasteiger partial charge in [0.15, 0.2) is 43.1 Å². The second kappa shape index (κ2) is 39.6. The van der Waals surface area contributed by atoms with Crippen LogP contribution in [0.2, 0.25) is 0 Å². The van der Waals surface area contributed by atoms with Crippen LogP contribution in [0, 0.1) is 21.7 Å². The number of rotatable bonds is 26. The van der Waals surface area contributed by atoms with E-state index < -0.39 is 203 Å². The number of aliphatic hydroxyl groups is 3. The molecule has 1 aromatic rings. The van der Waals surface area contributed by atoms with Gasteiger partial charge in [0, 0.05) is 30.8 Å². The van der Waals surface area contributed by atoms with Gasteiger partial charge in [-0.3, -0.25) is 51.0 Å². The first-order valence-corrected chi connectivity index (χ1v) is 39.3.